The van der Waals surface area contributed by atoms with E-state index in [1.54, 1.807) is 17.0 Å². The summed E-state index contributed by atoms with van der Waals surface area (Å²) in [6.45, 7) is 11.1. The maximum absolute atomic E-state index is 13.6. The number of ether oxygens (including phenoxy) is 4. The van der Waals surface area contributed by atoms with Crippen LogP contribution in [-0.2, 0) is 30.4 Å². The van der Waals surface area contributed by atoms with Gasteiger partial charge in [0.25, 0.3) is 0 Å². The number of allylic oxidation sites excluding steroid dienone is 1. The van der Waals surface area contributed by atoms with E-state index in [9.17, 15) is 9.59 Å². The normalized spacial score (nSPS) is 19.8. The van der Waals surface area contributed by atoms with Gasteiger partial charge in [0.05, 0.1) is 24.8 Å². The molecule has 2 aliphatic heterocycles. The fraction of sp³-hybridized carbons (Fsp3) is 0.515. The summed E-state index contributed by atoms with van der Waals surface area (Å²) in [6.07, 6.45) is 2.68. The Morgan fingerprint density at radius 2 is 1.79 bits per heavy atom. The topological polar surface area (TPSA) is 100 Å². The molecule has 0 aliphatic carbocycles. The molecule has 0 aromatic heterocycles. The molecule has 2 aromatic rings. The van der Waals surface area contributed by atoms with E-state index in [1.165, 1.54) is 0 Å². The number of halogens is 1. The van der Waals surface area contributed by atoms with E-state index in [2.05, 4.69) is 0 Å². The van der Waals surface area contributed by atoms with Gasteiger partial charge in [-0.2, -0.15) is 0 Å². The minimum absolute atomic E-state index is 0.0287. The van der Waals surface area contributed by atoms with Crippen molar-refractivity contribution in [1.29, 1.82) is 0 Å². The Balaban J connectivity index is 1.45. The van der Waals surface area contributed by atoms with E-state index in [1.807, 2.05) is 71.0 Å². The van der Waals surface area contributed by atoms with Gasteiger partial charge in [-0.25, -0.2) is 4.79 Å². The largest absolute Gasteiger partial charge is 0.488 e. The molecule has 2 aromatic carbocycles. The second kappa shape index (κ2) is 13.6. The van der Waals surface area contributed by atoms with Crippen molar-refractivity contribution in [2.24, 2.45) is 5.73 Å². The van der Waals surface area contributed by atoms with E-state index >= 15 is 0 Å². The molecule has 1 fully saturated rings. The molecule has 9 heteroatoms. The maximum atomic E-state index is 13.6. The SMILES string of the molecule is CC1=C(C(=O)OCc2ccc(OC(C)(C)CCOC(C)(C)N)cc2)[C@@H](c2ccc(Cl)cc2)CC(=O)N1C[C@@H]1CCCO1. The van der Waals surface area contributed by atoms with Crippen molar-refractivity contribution in [3.05, 3.63) is 76.0 Å². The highest BCUT2D eigenvalue weighted by Crippen LogP contribution is 2.38. The summed E-state index contributed by atoms with van der Waals surface area (Å²) in [5.74, 6) is -0.188. The van der Waals surface area contributed by atoms with E-state index in [0.29, 0.717) is 48.2 Å². The summed E-state index contributed by atoms with van der Waals surface area (Å²) >= 11 is 6.12. The number of esters is 1. The van der Waals surface area contributed by atoms with Crippen molar-refractivity contribution in [3.63, 3.8) is 0 Å². The number of nitrogens with zero attached hydrogens (tertiary/aromatic N) is 1. The standard InChI is InChI=1S/C33H43ClN2O6/c1-22-30(28(24-10-12-25(34)13-11-24)19-29(37)36(22)20-27-7-6-17-39-27)31(38)40-21-23-8-14-26(15-9-23)42-32(2,3)16-18-41-33(4,5)35/h8-15,27-28H,6-7,16-21,35H2,1-5H3/t27-,28+/m0/s1. The van der Waals surface area contributed by atoms with Gasteiger partial charge in [0, 0.05) is 36.1 Å². The number of nitrogens with two attached hydrogens (primary N) is 1. The first kappa shape index (κ1) is 32.0. The summed E-state index contributed by atoms with van der Waals surface area (Å²) in [6, 6.07) is 14.8. The van der Waals surface area contributed by atoms with Crippen molar-refractivity contribution >= 4 is 23.5 Å². The summed E-state index contributed by atoms with van der Waals surface area (Å²) in [5.41, 5.74) is 7.53. The number of hydrogen-bond donors (Lipinski definition) is 1. The highest BCUT2D eigenvalue weighted by molar-refractivity contribution is 6.30. The Hall–Kier alpha value is -2.91. The molecule has 2 N–H and O–H groups in total. The molecular weight excluding hydrogens is 556 g/mol. The Bertz CT molecular complexity index is 1260. The molecule has 0 radical (unpaired) electrons. The lowest BCUT2D eigenvalue weighted by molar-refractivity contribution is -0.141. The van der Waals surface area contributed by atoms with Crippen molar-refractivity contribution in [3.8, 4) is 5.75 Å². The fourth-order valence-electron chi connectivity index (χ4n) is 5.28. The number of hydrogen-bond acceptors (Lipinski definition) is 7. The van der Waals surface area contributed by atoms with Gasteiger partial charge in [0.2, 0.25) is 5.91 Å². The molecule has 8 nitrogen and oxygen atoms in total. The molecule has 0 bridgehead atoms. The second-order valence-corrected chi connectivity index (χ2v) is 12.7. The third-order valence-electron chi connectivity index (χ3n) is 7.59. The van der Waals surface area contributed by atoms with Crippen LogP contribution in [0.25, 0.3) is 0 Å². The summed E-state index contributed by atoms with van der Waals surface area (Å²) in [7, 11) is 0. The number of carbonyl (C=O) groups is 2. The molecule has 1 amide bonds. The van der Waals surface area contributed by atoms with Crippen molar-refractivity contribution in [2.75, 3.05) is 19.8 Å². The minimum atomic E-state index is -0.686. The maximum Gasteiger partial charge on any atom is 0.336 e. The van der Waals surface area contributed by atoms with Gasteiger partial charge < -0.3 is 29.6 Å². The Kier molecular flexibility index (Phi) is 10.4. The zero-order valence-electron chi connectivity index (χ0n) is 25.3. The second-order valence-electron chi connectivity index (χ2n) is 12.2. The van der Waals surface area contributed by atoms with Crippen LogP contribution in [0.1, 0.15) is 77.3 Å². The lowest BCUT2D eigenvalue weighted by atomic mass is 9.83. The average Bonchev–Trinajstić information content (AvgIpc) is 3.43. The van der Waals surface area contributed by atoms with Crippen LogP contribution in [0, 0.1) is 0 Å². The number of carbonyl (C=O) groups excluding carboxylic acids is 2. The monoisotopic (exact) mass is 598 g/mol. The van der Waals surface area contributed by atoms with E-state index in [0.717, 1.165) is 24.0 Å². The molecule has 0 unspecified atom stereocenters. The van der Waals surface area contributed by atoms with Crippen molar-refractivity contribution < 1.29 is 28.5 Å². The first-order valence-corrected chi connectivity index (χ1v) is 15.0. The lowest BCUT2D eigenvalue weighted by Gasteiger charge is -2.35. The molecule has 4 rings (SSSR count). The van der Waals surface area contributed by atoms with Gasteiger partial charge >= 0.3 is 5.97 Å². The van der Waals surface area contributed by atoms with Crippen LogP contribution in [0.3, 0.4) is 0 Å². The van der Waals surface area contributed by atoms with Crippen LogP contribution in [0.15, 0.2) is 59.8 Å². The number of rotatable bonds is 12. The molecule has 0 spiro atoms. The fourth-order valence-corrected chi connectivity index (χ4v) is 5.41. The van der Waals surface area contributed by atoms with Crippen LogP contribution < -0.4 is 10.5 Å². The third kappa shape index (κ3) is 8.80. The van der Waals surface area contributed by atoms with Crippen molar-refractivity contribution in [2.45, 2.75) is 90.3 Å². The first-order chi connectivity index (χ1) is 19.8. The van der Waals surface area contributed by atoms with E-state index in [4.69, 9.17) is 36.3 Å². The molecular formula is C33H43ClN2O6. The van der Waals surface area contributed by atoms with Crippen LogP contribution in [0.2, 0.25) is 5.02 Å². The van der Waals surface area contributed by atoms with Crippen LogP contribution in [0.4, 0.5) is 0 Å². The highest BCUT2D eigenvalue weighted by Gasteiger charge is 2.38. The Labute approximate surface area is 254 Å². The quantitative estimate of drug-likeness (QED) is 0.232. The number of benzene rings is 2. The van der Waals surface area contributed by atoms with E-state index < -0.39 is 23.2 Å². The molecule has 0 saturated carbocycles. The number of amides is 1. The average molecular weight is 599 g/mol. The van der Waals surface area contributed by atoms with Gasteiger partial charge in [-0.3, -0.25) is 4.79 Å². The zero-order valence-corrected chi connectivity index (χ0v) is 26.0. The van der Waals surface area contributed by atoms with Crippen molar-refractivity contribution in [1.82, 2.24) is 4.90 Å². The Morgan fingerprint density at radius 3 is 2.40 bits per heavy atom. The molecule has 1 saturated heterocycles. The molecule has 2 heterocycles. The van der Waals surface area contributed by atoms with Gasteiger partial charge in [-0.1, -0.05) is 35.9 Å². The smallest absolute Gasteiger partial charge is 0.336 e. The van der Waals surface area contributed by atoms with Crippen LogP contribution in [0.5, 0.6) is 5.75 Å². The molecule has 2 atom stereocenters. The van der Waals surface area contributed by atoms with Gasteiger partial charge in [0.15, 0.2) is 0 Å². The Morgan fingerprint density at radius 1 is 1.10 bits per heavy atom. The predicted octanol–water partition coefficient (Wildman–Crippen LogP) is 6.11. The molecule has 42 heavy (non-hydrogen) atoms. The zero-order chi connectivity index (χ0) is 30.5. The van der Waals surface area contributed by atoms with Crippen LogP contribution in [-0.4, -0.2) is 54.0 Å². The van der Waals surface area contributed by atoms with E-state index in [-0.39, 0.29) is 25.0 Å². The van der Waals surface area contributed by atoms with Crippen LogP contribution >= 0.6 is 11.6 Å². The van der Waals surface area contributed by atoms with Gasteiger partial charge in [-0.15, -0.1) is 0 Å². The lowest BCUT2D eigenvalue weighted by Crippen LogP contribution is -2.42. The highest BCUT2D eigenvalue weighted by atomic mass is 35.5. The molecule has 2 aliphatic rings. The predicted molar refractivity (Wildman–Crippen MR) is 162 cm³/mol. The van der Waals surface area contributed by atoms with Gasteiger partial charge in [-0.05, 0) is 82.9 Å². The first-order valence-electron chi connectivity index (χ1n) is 14.6. The van der Waals surface area contributed by atoms with Gasteiger partial charge in [0.1, 0.15) is 23.7 Å². The molecule has 228 valence electrons. The third-order valence-corrected chi connectivity index (χ3v) is 7.84. The minimum Gasteiger partial charge on any atom is -0.488 e. The summed E-state index contributed by atoms with van der Waals surface area (Å²) in [4.78, 5) is 28.6. The summed E-state index contributed by atoms with van der Waals surface area (Å²) in [5, 5.41) is 0.592. The summed E-state index contributed by atoms with van der Waals surface area (Å²) < 4.78 is 23.4.